The Morgan fingerprint density at radius 1 is 1.37 bits per heavy atom. The van der Waals surface area contributed by atoms with Gasteiger partial charge in [0.05, 0.1) is 0 Å². The van der Waals surface area contributed by atoms with Gasteiger partial charge in [0.15, 0.2) is 0 Å². The smallest absolute Gasteiger partial charge is 0.124 e. The second-order valence-electron chi connectivity index (χ2n) is 5.56. The normalized spacial score (nSPS) is 25.2. The van der Waals surface area contributed by atoms with E-state index in [9.17, 15) is 4.39 Å². The maximum absolute atomic E-state index is 13.1. The maximum atomic E-state index is 13.1. The van der Waals surface area contributed by atoms with E-state index in [1.807, 2.05) is 6.07 Å². The fourth-order valence-electron chi connectivity index (χ4n) is 2.75. The van der Waals surface area contributed by atoms with Gasteiger partial charge in [0.1, 0.15) is 5.82 Å². The first-order valence-electron chi connectivity index (χ1n) is 7.03. The average molecular weight is 282 g/mol. The molecule has 1 aromatic rings. The minimum atomic E-state index is -0.172. The number of nitrogens with one attached hydrogen (secondary N) is 1. The van der Waals surface area contributed by atoms with Crippen LogP contribution in [-0.2, 0) is 0 Å². The minimum Gasteiger partial charge on any atom is -0.271 e. The Balaban J connectivity index is 1.85. The fraction of sp³-hybridized carbons (Fsp3) is 0.600. The van der Waals surface area contributed by atoms with E-state index in [0.717, 1.165) is 16.6 Å². The molecule has 0 aliphatic heterocycles. The van der Waals surface area contributed by atoms with Crippen molar-refractivity contribution in [2.75, 3.05) is 5.75 Å². The van der Waals surface area contributed by atoms with Crippen LogP contribution in [0.4, 0.5) is 4.39 Å². The van der Waals surface area contributed by atoms with Gasteiger partial charge in [-0.3, -0.25) is 11.3 Å². The molecule has 0 radical (unpaired) electrons. The van der Waals surface area contributed by atoms with Crippen molar-refractivity contribution >= 4 is 11.8 Å². The summed E-state index contributed by atoms with van der Waals surface area (Å²) >= 11 is 1.68. The predicted molar refractivity (Wildman–Crippen MR) is 79.4 cm³/mol. The Hall–Kier alpha value is -0.580. The average Bonchev–Trinajstić information content (AvgIpc) is 2.41. The van der Waals surface area contributed by atoms with E-state index in [2.05, 4.69) is 12.3 Å². The lowest BCUT2D eigenvalue weighted by atomic mass is 9.80. The number of benzene rings is 1. The van der Waals surface area contributed by atoms with Crippen LogP contribution in [0.1, 0.15) is 32.6 Å². The Morgan fingerprint density at radius 3 is 2.74 bits per heavy atom. The largest absolute Gasteiger partial charge is 0.271 e. The molecule has 0 amide bonds. The Kier molecular flexibility index (Phi) is 5.67. The summed E-state index contributed by atoms with van der Waals surface area (Å²) in [5, 5.41) is 0. The molecule has 0 bridgehead atoms. The van der Waals surface area contributed by atoms with Gasteiger partial charge in [-0.1, -0.05) is 25.8 Å². The molecular formula is C15H23FN2S. The molecule has 1 atom stereocenters. The molecule has 1 saturated carbocycles. The quantitative estimate of drug-likeness (QED) is 0.492. The fourth-order valence-corrected chi connectivity index (χ4v) is 3.86. The highest BCUT2D eigenvalue weighted by Crippen LogP contribution is 2.32. The number of hydrogen-bond acceptors (Lipinski definition) is 3. The van der Waals surface area contributed by atoms with Crippen molar-refractivity contribution in [3.8, 4) is 0 Å². The van der Waals surface area contributed by atoms with Crippen molar-refractivity contribution in [1.82, 2.24) is 5.43 Å². The highest BCUT2D eigenvalue weighted by Gasteiger charge is 2.25. The molecule has 0 saturated heterocycles. The number of halogens is 1. The lowest BCUT2D eigenvalue weighted by Crippen LogP contribution is -2.43. The summed E-state index contributed by atoms with van der Waals surface area (Å²) in [5.74, 6) is 7.93. The van der Waals surface area contributed by atoms with E-state index in [0.29, 0.717) is 12.0 Å². The number of nitrogens with two attached hydrogens (primary N) is 1. The standard InChI is InChI=1S/C15H23FN2S/c1-11-5-7-12(8-6-11)15(18-17)10-19-14-4-2-3-13(16)9-14/h2-4,9,11-12,15,18H,5-8,10,17H2,1H3. The Morgan fingerprint density at radius 2 is 2.11 bits per heavy atom. The third kappa shape index (κ3) is 4.48. The molecule has 2 nitrogen and oxygen atoms in total. The summed E-state index contributed by atoms with van der Waals surface area (Å²) in [6, 6.07) is 7.09. The van der Waals surface area contributed by atoms with Crippen LogP contribution in [-0.4, -0.2) is 11.8 Å². The molecule has 3 N–H and O–H groups in total. The van der Waals surface area contributed by atoms with Crippen molar-refractivity contribution in [3.05, 3.63) is 30.1 Å². The summed E-state index contributed by atoms with van der Waals surface area (Å²) in [7, 11) is 0. The third-order valence-corrected chi connectivity index (χ3v) is 5.18. The molecule has 1 aliphatic carbocycles. The first kappa shape index (κ1) is 14.8. The van der Waals surface area contributed by atoms with Gasteiger partial charge in [0.25, 0.3) is 0 Å². The van der Waals surface area contributed by atoms with Crippen LogP contribution in [0.25, 0.3) is 0 Å². The second kappa shape index (κ2) is 7.27. The Bertz CT molecular complexity index is 391. The minimum absolute atomic E-state index is 0.172. The molecular weight excluding hydrogens is 259 g/mol. The molecule has 2 rings (SSSR count). The Labute approximate surface area is 119 Å². The zero-order valence-electron chi connectivity index (χ0n) is 11.4. The topological polar surface area (TPSA) is 38.0 Å². The maximum Gasteiger partial charge on any atom is 0.124 e. The summed E-state index contributed by atoms with van der Waals surface area (Å²) in [6.07, 6.45) is 5.10. The van der Waals surface area contributed by atoms with Crippen molar-refractivity contribution in [1.29, 1.82) is 0 Å². The van der Waals surface area contributed by atoms with Gasteiger partial charge in [0, 0.05) is 16.7 Å². The molecule has 1 fully saturated rings. The number of hydrogen-bond donors (Lipinski definition) is 2. The van der Waals surface area contributed by atoms with Crippen LogP contribution in [0.2, 0.25) is 0 Å². The first-order chi connectivity index (χ1) is 9.19. The molecule has 1 unspecified atom stereocenters. The van der Waals surface area contributed by atoms with Crippen molar-refractivity contribution < 1.29 is 4.39 Å². The molecule has 106 valence electrons. The van der Waals surface area contributed by atoms with Gasteiger partial charge in [-0.15, -0.1) is 11.8 Å². The lowest BCUT2D eigenvalue weighted by Gasteiger charge is -2.32. The molecule has 0 spiro atoms. The van der Waals surface area contributed by atoms with Gasteiger partial charge in [-0.25, -0.2) is 4.39 Å². The van der Waals surface area contributed by atoms with Gasteiger partial charge in [0.2, 0.25) is 0 Å². The lowest BCUT2D eigenvalue weighted by molar-refractivity contribution is 0.243. The highest BCUT2D eigenvalue weighted by molar-refractivity contribution is 7.99. The van der Waals surface area contributed by atoms with Crippen LogP contribution < -0.4 is 11.3 Å². The summed E-state index contributed by atoms with van der Waals surface area (Å²) in [4.78, 5) is 0.976. The van der Waals surface area contributed by atoms with Crippen LogP contribution in [0.15, 0.2) is 29.2 Å². The SMILES string of the molecule is CC1CCC(C(CSc2cccc(F)c2)NN)CC1. The highest BCUT2D eigenvalue weighted by atomic mass is 32.2. The van der Waals surface area contributed by atoms with E-state index in [-0.39, 0.29) is 5.82 Å². The molecule has 1 aromatic carbocycles. The van der Waals surface area contributed by atoms with Gasteiger partial charge in [-0.05, 0) is 42.9 Å². The summed E-state index contributed by atoms with van der Waals surface area (Å²) in [6.45, 7) is 2.32. The molecule has 19 heavy (non-hydrogen) atoms. The zero-order valence-corrected chi connectivity index (χ0v) is 12.3. The van der Waals surface area contributed by atoms with E-state index < -0.39 is 0 Å². The molecule has 4 heteroatoms. The molecule has 0 aromatic heterocycles. The third-order valence-electron chi connectivity index (χ3n) is 4.07. The second-order valence-corrected chi connectivity index (χ2v) is 6.65. The van der Waals surface area contributed by atoms with Crippen molar-refractivity contribution in [2.45, 2.75) is 43.5 Å². The van der Waals surface area contributed by atoms with Crippen LogP contribution in [0.3, 0.4) is 0 Å². The summed E-state index contributed by atoms with van der Waals surface area (Å²) < 4.78 is 13.1. The van der Waals surface area contributed by atoms with Gasteiger partial charge < -0.3 is 0 Å². The number of rotatable bonds is 5. The van der Waals surface area contributed by atoms with Crippen LogP contribution in [0.5, 0.6) is 0 Å². The number of hydrazine groups is 1. The van der Waals surface area contributed by atoms with Crippen molar-refractivity contribution in [3.63, 3.8) is 0 Å². The first-order valence-corrected chi connectivity index (χ1v) is 8.02. The monoisotopic (exact) mass is 282 g/mol. The zero-order chi connectivity index (χ0) is 13.7. The van der Waals surface area contributed by atoms with E-state index in [1.54, 1.807) is 23.9 Å². The van der Waals surface area contributed by atoms with E-state index >= 15 is 0 Å². The van der Waals surface area contributed by atoms with E-state index in [4.69, 9.17) is 5.84 Å². The van der Waals surface area contributed by atoms with Gasteiger partial charge >= 0.3 is 0 Å². The van der Waals surface area contributed by atoms with Crippen molar-refractivity contribution in [2.24, 2.45) is 17.7 Å². The molecule has 0 heterocycles. The molecule has 1 aliphatic rings. The van der Waals surface area contributed by atoms with E-state index in [1.165, 1.54) is 31.7 Å². The number of thioether (sulfide) groups is 1. The van der Waals surface area contributed by atoms with Gasteiger partial charge in [-0.2, -0.15) is 0 Å². The van der Waals surface area contributed by atoms with Crippen LogP contribution in [0, 0.1) is 17.7 Å². The predicted octanol–water partition coefficient (Wildman–Crippen LogP) is 3.58. The summed E-state index contributed by atoms with van der Waals surface area (Å²) in [5.41, 5.74) is 2.96. The van der Waals surface area contributed by atoms with Crippen LogP contribution >= 0.6 is 11.8 Å².